The van der Waals surface area contributed by atoms with Gasteiger partial charge in [-0.1, -0.05) is 29.8 Å². The Bertz CT molecular complexity index is 1150. The maximum Gasteiger partial charge on any atom is 0.262 e. The van der Waals surface area contributed by atoms with Crippen LogP contribution in [0.4, 0.5) is 0 Å². The summed E-state index contributed by atoms with van der Waals surface area (Å²) >= 11 is 7.51. The molecule has 0 bridgehead atoms. The molecule has 0 N–H and O–H groups in total. The molecular weight excluding hydrogens is 406 g/mol. The van der Waals surface area contributed by atoms with Crippen LogP contribution in [-0.2, 0) is 24.3 Å². The van der Waals surface area contributed by atoms with Crippen molar-refractivity contribution in [2.45, 2.75) is 40.3 Å². The summed E-state index contributed by atoms with van der Waals surface area (Å²) in [7, 11) is 0. The molecule has 7 heteroatoms. The van der Waals surface area contributed by atoms with Crippen molar-refractivity contribution in [3.63, 3.8) is 0 Å². The van der Waals surface area contributed by atoms with Crippen molar-refractivity contribution in [2.75, 3.05) is 12.4 Å². The van der Waals surface area contributed by atoms with E-state index in [9.17, 15) is 9.59 Å². The lowest BCUT2D eigenvalue weighted by Crippen LogP contribution is -2.44. The van der Waals surface area contributed by atoms with Gasteiger partial charge in [-0.3, -0.25) is 14.2 Å². The Morgan fingerprint density at radius 3 is 2.86 bits per heavy atom. The minimum atomic E-state index is -0.589. The topological polar surface area (TPSA) is 55.2 Å². The maximum atomic E-state index is 13.2. The van der Waals surface area contributed by atoms with Crippen LogP contribution in [0.15, 0.2) is 35.4 Å². The SMILES string of the molecule is Cc1cccc(Cn2cnc3sc4c(c3c2=O)CCN(C(=O)C(C)(C)CCl)C4)c1. The molecule has 3 heterocycles. The van der Waals surface area contributed by atoms with E-state index in [-0.39, 0.29) is 17.3 Å². The molecule has 1 aliphatic heterocycles. The molecule has 0 saturated heterocycles. The van der Waals surface area contributed by atoms with E-state index in [1.54, 1.807) is 10.9 Å². The van der Waals surface area contributed by atoms with E-state index in [4.69, 9.17) is 11.6 Å². The number of carbonyl (C=O) groups excluding carboxylic acids is 1. The zero-order chi connectivity index (χ0) is 20.8. The van der Waals surface area contributed by atoms with E-state index in [0.29, 0.717) is 31.4 Å². The number of aryl methyl sites for hydroxylation is 1. The van der Waals surface area contributed by atoms with Crippen LogP contribution in [0.25, 0.3) is 10.2 Å². The van der Waals surface area contributed by atoms with Gasteiger partial charge in [-0.2, -0.15) is 0 Å². The maximum absolute atomic E-state index is 13.2. The number of fused-ring (bicyclic) bond motifs is 3. The van der Waals surface area contributed by atoms with Gasteiger partial charge in [0.15, 0.2) is 0 Å². The number of halogens is 1. The molecule has 0 aliphatic carbocycles. The molecule has 1 aliphatic rings. The summed E-state index contributed by atoms with van der Waals surface area (Å²) < 4.78 is 1.68. The predicted molar refractivity (Wildman–Crippen MR) is 118 cm³/mol. The van der Waals surface area contributed by atoms with Gasteiger partial charge in [-0.15, -0.1) is 22.9 Å². The number of hydrogen-bond donors (Lipinski definition) is 0. The molecule has 152 valence electrons. The molecule has 0 spiro atoms. The van der Waals surface area contributed by atoms with Crippen LogP contribution in [0.5, 0.6) is 0 Å². The number of hydrogen-bond acceptors (Lipinski definition) is 4. The smallest absolute Gasteiger partial charge is 0.262 e. The molecule has 2 aromatic heterocycles. The van der Waals surface area contributed by atoms with Crippen LogP contribution in [-0.4, -0.2) is 32.8 Å². The van der Waals surface area contributed by atoms with E-state index in [1.165, 1.54) is 16.9 Å². The number of thiophene rings is 1. The number of nitrogens with zero attached hydrogens (tertiary/aromatic N) is 3. The molecular formula is C22H24ClN3O2S. The van der Waals surface area contributed by atoms with Crippen molar-refractivity contribution in [1.29, 1.82) is 0 Å². The molecule has 1 amide bonds. The monoisotopic (exact) mass is 429 g/mol. The van der Waals surface area contributed by atoms with Crippen molar-refractivity contribution >= 4 is 39.1 Å². The van der Waals surface area contributed by atoms with Crippen molar-refractivity contribution in [1.82, 2.24) is 14.5 Å². The van der Waals surface area contributed by atoms with Gasteiger partial charge < -0.3 is 4.90 Å². The highest BCUT2D eigenvalue weighted by molar-refractivity contribution is 7.18. The van der Waals surface area contributed by atoms with Crippen LogP contribution < -0.4 is 5.56 Å². The minimum Gasteiger partial charge on any atom is -0.337 e. The highest BCUT2D eigenvalue weighted by Crippen LogP contribution is 2.34. The largest absolute Gasteiger partial charge is 0.337 e. The third-order valence-corrected chi connectivity index (χ3v) is 7.26. The Morgan fingerprint density at radius 1 is 1.34 bits per heavy atom. The van der Waals surface area contributed by atoms with Gasteiger partial charge in [0.05, 0.1) is 30.2 Å². The number of carbonyl (C=O) groups is 1. The summed E-state index contributed by atoms with van der Waals surface area (Å²) in [5.41, 5.74) is 2.71. The fraction of sp³-hybridized carbons (Fsp3) is 0.409. The number of alkyl halides is 1. The first-order valence-electron chi connectivity index (χ1n) is 9.71. The van der Waals surface area contributed by atoms with E-state index >= 15 is 0 Å². The Labute approximate surface area is 178 Å². The molecule has 0 unspecified atom stereocenters. The lowest BCUT2D eigenvalue weighted by molar-refractivity contribution is -0.140. The second-order valence-corrected chi connectivity index (χ2v) is 9.70. The summed E-state index contributed by atoms with van der Waals surface area (Å²) in [6, 6.07) is 8.15. The van der Waals surface area contributed by atoms with Crippen molar-refractivity contribution < 1.29 is 4.79 Å². The van der Waals surface area contributed by atoms with Crippen LogP contribution in [0.2, 0.25) is 0 Å². The van der Waals surface area contributed by atoms with Gasteiger partial charge >= 0.3 is 0 Å². The number of benzene rings is 1. The zero-order valence-electron chi connectivity index (χ0n) is 16.9. The number of aromatic nitrogens is 2. The summed E-state index contributed by atoms with van der Waals surface area (Å²) in [6.07, 6.45) is 2.30. The average Bonchev–Trinajstić information content (AvgIpc) is 3.08. The summed E-state index contributed by atoms with van der Waals surface area (Å²) in [6.45, 7) is 7.41. The Morgan fingerprint density at radius 2 is 2.14 bits per heavy atom. The molecule has 3 aromatic rings. The van der Waals surface area contributed by atoms with Gasteiger partial charge in [-0.25, -0.2) is 4.98 Å². The highest BCUT2D eigenvalue weighted by Gasteiger charge is 2.34. The minimum absolute atomic E-state index is 0.00475. The van der Waals surface area contributed by atoms with Gasteiger partial charge in [0.2, 0.25) is 5.91 Å². The third kappa shape index (κ3) is 3.71. The quantitative estimate of drug-likeness (QED) is 0.590. The van der Waals surface area contributed by atoms with Crippen molar-refractivity contribution in [3.8, 4) is 0 Å². The van der Waals surface area contributed by atoms with Gasteiger partial charge in [0, 0.05) is 17.3 Å². The normalized spacial score (nSPS) is 14.3. The van der Waals surface area contributed by atoms with Crippen LogP contribution >= 0.6 is 22.9 Å². The molecule has 1 aromatic carbocycles. The average molecular weight is 430 g/mol. The molecule has 0 radical (unpaired) electrons. The highest BCUT2D eigenvalue weighted by atomic mass is 35.5. The van der Waals surface area contributed by atoms with Crippen LogP contribution in [0.1, 0.15) is 35.4 Å². The Hall–Kier alpha value is -2.18. The van der Waals surface area contributed by atoms with Crippen LogP contribution in [0.3, 0.4) is 0 Å². The first kappa shape index (κ1) is 20.1. The summed E-state index contributed by atoms with van der Waals surface area (Å²) in [5.74, 6) is 0.341. The van der Waals surface area contributed by atoms with Crippen LogP contribution in [0, 0.1) is 12.3 Å². The lowest BCUT2D eigenvalue weighted by Gasteiger charge is -2.33. The second-order valence-electron chi connectivity index (χ2n) is 8.34. The first-order chi connectivity index (χ1) is 13.8. The number of amides is 1. The Kier molecular flexibility index (Phi) is 5.25. The lowest BCUT2D eigenvalue weighted by atomic mass is 9.93. The van der Waals surface area contributed by atoms with Crippen molar-refractivity contribution in [2.24, 2.45) is 5.41 Å². The Balaban J connectivity index is 1.67. The van der Waals surface area contributed by atoms with Gasteiger partial charge in [-0.05, 0) is 38.3 Å². The fourth-order valence-electron chi connectivity index (χ4n) is 3.80. The molecule has 29 heavy (non-hydrogen) atoms. The standard InChI is InChI=1S/C22H24ClN3O2S/c1-14-5-4-6-15(9-14)10-26-13-24-19-18(20(26)27)16-7-8-25(11-17(16)29-19)21(28)22(2,3)12-23/h4-6,9,13H,7-8,10-12H2,1-3H3. The summed E-state index contributed by atoms with van der Waals surface area (Å²) in [4.78, 5) is 34.2. The fourth-order valence-corrected chi connectivity index (χ4v) is 5.10. The van der Waals surface area contributed by atoms with E-state index in [2.05, 4.69) is 11.1 Å². The molecule has 0 fully saturated rings. The predicted octanol–water partition coefficient (Wildman–Crippen LogP) is 3.96. The van der Waals surface area contributed by atoms with Crippen molar-refractivity contribution in [3.05, 3.63) is 62.5 Å². The second kappa shape index (κ2) is 7.58. The first-order valence-corrected chi connectivity index (χ1v) is 11.1. The number of rotatable bonds is 4. The summed E-state index contributed by atoms with van der Waals surface area (Å²) in [5, 5.41) is 0.712. The van der Waals surface area contributed by atoms with E-state index in [0.717, 1.165) is 20.8 Å². The zero-order valence-corrected chi connectivity index (χ0v) is 18.4. The van der Waals surface area contributed by atoms with Gasteiger partial charge in [0.25, 0.3) is 5.56 Å². The molecule has 0 atom stereocenters. The molecule has 0 saturated carbocycles. The van der Waals surface area contributed by atoms with Gasteiger partial charge in [0.1, 0.15) is 4.83 Å². The molecule has 5 nitrogen and oxygen atoms in total. The molecule has 4 rings (SSSR count). The van der Waals surface area contributed by atoms with E-state index < -0.39 is 5.41 Å². The van der Waals surface area contributed by atoms with E-state index in [1.807, 2.05) is 43.9 Å². The third-order valence-electron chi connectivity index (χ3n) is 5.46.